The number of carbonyl (C=O) groups is 2. The van der Waals surface area contributed by atoms with Crippen molar-refractivity contribution in [2.75, 3.05) is 31.0 Å². The van der Waals surface area contributed by atoms with Crippen molar-refractivity contribution in [3.05, 3.63) is 66.1 Å². The fourth-order valence-electron chi connectivity index (χ4n) is 2.26. The van der Waals surface area contributed by atoms with Gasteiger partial charge in [0.15, 0.2) is 0 Å². The van der Waals surface area contributed by atoms with Crippen molar-refractivity contribution in [2.24, 2.45) is 0 Å². The summed E-state index contributed by atoms with van der Waals surface area (Å²) in [5.74, 6) is 0.183. The van der Waals surface area contributed by atoms with Crippen molar-refractivity contribution in [1.82, 2.24) is 0 Å². The van der Waals surface area contributed by atoms with Crippen molar-refractivity contribution < 1.29 is 23.8 Å². The van der Waals surface area contributed by atoms with Crippen molar-refractivity contribution in [2.45, 2.75) is 0 Å². The summed E-state index contributed by atoms with van der Waals surface area (Å²) in [7, 11) is 1.58. The molecule has 1 aliphatic heterocycles. The number of anilines is 2. The molecule has 0 fully saturated rings. The first-order valence-corrected chi connectivity index (χ1v) is 7.97. The SMILES string of the molecule is COc1ccc(NC(=O)c2ccc(NC(=O)C3=COCCO3)cc2)cc1. The van der Waals surface area contributed by atoms with Crippen molar-refractivity contribution in [3.8, 4) is 5.75 Å². The Morgan fingerprint density at radius 3 is 2.08 bits per heavy atom. The largest absolute Gasteiger partial charge is 0.497 e. The summed E-state index contributed by atoms with van der Waals surface area (Å²) in [5.41, 5.74) is 1.68. The Bertz CT molecular complexity index is 813. The highest BCUT2D eigenvalue weighted by Gasteiger charge is 2.15. The molecular formula is C19H18N2O5. The molecule has 1 heterocycles. The van der Waals surface area contributed by atoms with Gasteiger partial charge in [-0.25, -0.2) is 0 Å². The van der Waals surface area contributed by atoms with Gasteiger partial charge in [-0.15, -0.1) is 0 Å². The van der Waals surface area contributed by atoms with Crippen molar-refractivity contribution in [3.63, 3.8) is 0 Å². The molecule has 1 aliphatic rings. The number of carbonyl (C=O) groups excluding carboxylic acids is 2. The van der Waals surface area contributed by atoms with E-state index in [2.05, 4.69) is 10.6 Å². The molecule has 7 nitrogen and oxygen atoms in total. The van der Waals surface area contributed by atoms with E-state index < -0.39 is 5.91 Å². The highest BCUT2D eigenvalue weighted by Crippen LogP contribution is 2.17. The van der Waals surface area contributed by atoms with Gasteiger partial charge in [0.1, 0.15) is 25.2 Å². The fourth-order valence-corrected chi connectivity index (χ4v) is 2.26. The van der Waals surface area contributed by atoms with Crippen LogP contribution in [-0.4, -0.2) is 32.1 Å². The molecular weight excluding hydrogens is 336 g/mol. The van der Waals surface area contributed by atoms with E-state index in [-0.39, 0.29) is 11.7 Å². The van der Waals surface area contributed by atoms with Crippen LogP contribution >= 0.6 is 0 Å². The minimum Gasteiger partial charge on any atom is -0.497 e. The lowest BCUT2D eigenvalue weighted by atomic mass is 10.2. The van der Waals surface area contributed by atoms with Gasteiger partial charge in [-0.05, 0) is 48.5 Å². The number of amides is 2. The van der Waals surface area contributed by atoms with Crippen LogP contribution in [0.25, 0.3) is 0 Å². The van der Waals surface area contributed by atoms with Gasteiger partial charge in [-0.2, -0.15) is 0 Å². The van der Waals surface area contributed by atoms with Gasteiger partial charge >= 0.3 is 0 Å². The van der Waals surface area contributed by atoms with E-state index in [1.54, 1.807) is 55.6 Å². The zero-order valence-corrected chi connectivity index (χ0v) is 14.2. The lowest BCUT2D eigenvalue weighted by Crippen LogP contribution is -2.21. The summed E-state index contributed by atoms with van der Waals surface area (Å²) in [6, 6.07) is 13.6. The molecule has 26 heavy (non-hydrogen) atoms. The summed E-state index contributed by atoms with van der Waals surface area (Å²) >= 11 is 0. The van der Waals surface area contributed by atoms with Gasteiger partial charge in [0, 0.05) is 16.9 Å². The van der Waals surface area contributed by atoms with E-state index in [4.69, 9.17) is 14.2 Å². The maximum atomic E-state index is 12.3. The molecule has 134 valence electrons. The molecule has 2 amide bonds. The molecule has 0 atom stereocenters. The molecule has 7 heteroatoms. The fraction of sp³-hybridized carbons (Fsp3) is 0.158. The third kappa shape index (κ3) is 4.32. The lowest BCUT2D eigenvalue weighted by Gasteiger charge is -2.15. The summed E-state index contributed by atoms with van der Waals surface area (Å²) in [4.78, 5) is 24.3. The smallest absolute Gasteiger partial charge is 0.294 e. The maximum absolute atomic E-state index is 12.3. The van der Waals surface area contributed by atoms with Crippen LogP contribution in [0.5, 0.6) is 5.75 Å². The molecule has 0 aliphatic carbocycles. The monoisotopic (exact) mass is 354 g/mol. The topological polar surface area (TPSA) is 85.9 Å². The summed E-state index contributed by atoms with van der Waals surface area (Å²) in [6.45, 7) is 0.762. The molecule has 0 radical (unpaired) electrons. The summed E-state index contributed by atoms with van der Waals surface area (Å²) < 4.78 is 15.3. The second-order valence-corrected chi connectivity index (χ2v) is 5.42. The third-order valence-corrected chi connectivity index (χ3v) is 3.63. The highest BCUT2D eigenvalue weighted by atomic mass is 16.6. The zero-order chi connectivity index (χ0) is 18.4. The molecule has 0 spiro atoms. The summed E-state index contributed by atoms with van der Waals surface area (Å²) in [5, 5.41) is 5.48. The Morgan fingerprint density at radius 2 is 1.50 bits per heavy atom. The van der Waals surface area contributed by atoms with Crippen LogP contribution in [0.15, 0.2) is 60.6 Å². The lowest BCUT2D eigenvalue weighted by molar-refractivity contribution is -0.117. The first kappa shape index (κ1) is 17.3. The molecule has 0 saturated carbocycles. The molecule has 0 unspecified atom stereocenters. The number of methoxy groups -OCH3 is 1. The predicted molar refractivity (Wildman–Crippen MR) is 96.0 cm³/mol. The molecule has 0 saturated heterocycles. The Balaban J connectivity index is 1.60. The van der Waals surface area contributed by atoms with Crippen molar-refractivity contribution in [1.29, 1.82) is 0 Å². The molecule has 2 aromatic rings. The van der Waals surface area contributed by atoms with Crippen LogP contribution in [0.3, 0.4) is 0 Å². The van der Waals surface area contributed by atoms with Crippen LogP contribution in [0.2, 0.25) is 0 Å². The average molecular weight is 354 g/mol. The molecule has 0 bridgehead atoms. The van der Waals surface area contributed by atoms with Crippen LogP contribution in [0.4, 0.5) is 11.4 Å². The van der Waals surface area contributed by atoms with Gasteiger partial charge in [0.2, 0.25) is 5.76 Å². The van der Waals surface area contributed by atoms with E-state index >= 15 is 0 Å². The predicted octanol–water partition coefficient (Wildman–Crippen LogP) is 2.77. The van der Waals surface area contributed by atoms with Crippen LogP contribution in [0, 0.1) is 0 Å². The molecule has 3 rings (SSSR count). The molecule has 2 aromatic carbocycles. The quantitative estimate of drug-likeness (QED) is 0.862. The number of rotatable bonds is 5. The van der Waals surface area contributed by atoms with Gasteiger partial charge in [0.05, 0.1) is 7.11 Å². The second-order valence-electron chi connectivity index (χ2n) is 5.42. The molecule has 0 aromatic heterocycles. The second kappa shape index (κ2) is 8.06. The normalized spacial score (nSPS) is 12.9. The first-order valence-electron chi connectivity index (χ1n) is 7.97. The van der Waals surface area contributed by atoms with Gasteiger partial charge in [-0.3, -0.25) is 9.59 Å². The van der Waals surface area contributed by atoms with Crippen LogP contribution in [0.1, 0.15) is 10.4 Å². The number of ether oxygens (including phenoxy) is 3. The third-order valence-electron chi connectivity index (χ3n) is 3.63. The van der Waals surface area contributed by atoms with Crippen molar-refractivity contribution >= 4 is 23.2 Å². The first-order chi connectivity index (χ1) is 12.7. The number of hydrogen-bond donors (Lipinski definition) is 2. The average Bonchev–Trinajstić information content (AvgIpc) is 2.69. The van der Waals surface area contributed by atoms with Gasteiger partial charge in [0.25, 0.3) is 11.8 Å². The number of nitrogens with one attached hydrogen (secondary N) is 2. The minimum atomic E-state index is -0.403. The minimum absolute atomic E-state index is 0.123. The van der Waals surface area contributed by atoms with Gasteiger partial charge in [-0.1, -0.05) is 0 Å². The van der Waals surface area contributed by atoms with E-state index in [9.17, 15) is 9.59 Å². The Morgan fingerprint density at radius 1 is 0.885 bits per heavy atom. The van der Waals surface area contributed by atoms with Crippen LogP contribution in [-0.2, 0) is 14.3 Å². The van der Waals surface area contributed by atoms with E-state index in [0.717, 1.165) is 0 Å². The standard InChI is InChI=1S/C19H18N2O5/c1-24-16-8-6-15(7-9-16)20-18(22)13-2-4-14(5-3-13)21-19(23)17-12-25-10-11-26-17/h2-9,12H,10-11H2,1H3,(H,20,22)(H,21,23). The van der Waals surface area contributed by atoms with Crippen LogP contribution < -0.4 is 15.4 Å². The maximum Gasteiger partial charge on any atom is 0.294 e. The highest BCUT2D eigenvalue weighted by molar-refractivity contribution is 6.05. The Labute approximate surface area is 150 Å². The zero-order valence-electron chi connectivity index (χ0n) is 14.2. The number of benzene rings is 2. The Hall–Kier alpha value is -3.48. The van der Waals surface area contributed by atoms with E-state index in [1.165, 1.54) is 6.26 Å². The molecule has 2 N–H and O–H groups in total. The van der Waals surface area contributed by atoms with E-state index in [0.29, 0.717) is 35.9 Å². The van der Waals surface area contributed by atoms with E-state index in [1.807, 2.05) is 0 Å². The number of hydrogen-bond acceptors (Lipinski definition) is 5. The summed E-state index contributed by atoms with van der Waals surface area (Å²) in [6.07, 6.45) is 1.29. The Kier molecular flexibility index (Phi) is 5.38. The van der Waals surface area contributed by atoms with Gasteiger partial charge < -0.3 is 24.8 Å².